The molecule has 1 amide bonds. The molecular formula is C14H25N3O3. The van der Waals surface area contributed by atoms with E-state index in [1.54, 1.807) is 11.0 Å². The van der Waals surface area contributed by atoms with Crippen LogP contribution in [0.25, 0.3) is 0 Å². The molecule has 0 spiro atoms. The van der Waals surface area contributed by atoms with Gasteiger partial charge >= 0.3 is 6.09 Å². The predicted molar refractivity (Wildman–Crippen MR) is 76.5 cm³/mol. The van der Waals surface area contributed by atoms with Crippen LogP contribution in [0.1, 0.15) is 33.6 Å². The lowest BCUT2D eigenvalue weighted by Crippen LogP contribution is -2.50. The van der Waals surface area contributed by atoms with E-state index >= 15 is 0 Å². The molecule has 0 radical (unpaired) electrons. The Balaban J connectivity index is 2.19. The molecule has 20 heavy (non-hydrogen) atoms. The summed E-state index contributed by atoms with van der Waals surface area (Å²) in [6.07, 6.45) is 3.24. The Hall–Kier alpha value is -1.39. The molecule has 0 N–H and O–H groups in total. The minimum absolute atomic E-state index is 0.225. The average molecular weight is 283 g/mol. The van der Waals surface area contributed by atoms with Crippen molar-refractivity contribution in [3.05, 3.63) is 0 Å². The zero-order valence-corrected chi connectivity index (χ0v) is 12.7. The molecule has 1 rings (SSSR count). The second kappa shape index (κ2) is 8.02. The average Bonchev–Trinajstić information content (AvgIpc) is 2.37. The zero-order chi connectivity index (χ0) is 15.0. The van der Waals surface area contributed by atoms with Crippen LogP contribution in [0.4, 0.5) is 4.79 Å². The van der Waals surface area contributed by atoms with E-state index in [-0.39, 0.29) is 6.09 Å². The maximum atomic E-state index is 11.9. The number of carbonyl (C=O) groups is 1. The van der Waals surface area contributed by atoms with Gasteiger partial charge < -0.3 is 9.64 Å². The first kappa shape index (κ1) is 16.7. The minimum atomic E-state index is -0.437. The van der Waals surface area contributed by atoms with Crippen molar-refractivity contribution in [1.29, 1.82) is 0 Å². The van der Waals surface area contributed by atoms with Crippen LogP contribution in [0, 0.1) is 0 Å². The van der Waals surface area contributed by atoms with Crippen LogP contribution in [0.15, 0.2) is 4.99 Å². The number of piperazine rings is 1. The summed E-state index contributed by atoms with van der Waals surface area (Å²) in [4.78, 5) is 29.4. The fourth-order valence-corrected chi connectivity index (χ4v) is 2.05. The lowest BCUT2D eigenvalue weighted by Gasteiger charge is -2.35. The third-order valence-electron chi connectivity index (χ3n) is 3.08. The SMILES string of the molecule is CC(C)(C)OC(=O)N1CCN(CCCCN=C=O)CC1. The van der Waals surface area contributed by atoms with Gasteiger partial charge in [-0.15, -0.1) is 0 Å². The number of nitrogens with zero attached hydrogens (tertiary/aromatic N) is 3. The number of isocyanates is 1. The minimum Gasteiger partial charge on any atom is -0.444 e. The fourth-order valence-electron chi connectivity index (χ4n) is 2.05. The van der Waals surface area contributed by atoms with E-state index in [9.17, 15) is 9.59 Å². The van der Waals surface area contributed by atoms with E-state index in [1.165, 1.54) is 0 Å². The van der Waals surface area contributed by atoms with Crippen molar-refractivity contribution < 1.29 is 14.3 Å². The highest BCUT2D eigenvalue weighted by atomic mass is 16.6. The number of rotatable bonds is 5. The van der Waals surface area contributed by atoms with Gasteiger partial charge in [0.1, 0.15) is 5.60 Å². The zero-order valence-electron chi connectivity index (χ0n) is 12.7. The first-order chi connectivity index (χ1) is 9.42. The van der Waals surface area contributed by atoms with Crippen LogP contribution in [-0.4, -0.2) is 66.8 Å². The molecule has 1 heterocycles. The van der Waals surface area contributed by atoms with Crippen LogP contribution in [0.3, 0.4) is 0 Å². The van der Waals surface area contributed by atoms with Crippen LogP contribution in [0.2, 0.25) is 0 Å². The lowest BCUT2D eigenvalue weighted by atomic mass is 10.2. The third-order valence-corrected chi connectivity index (χ3v) is 3.08. The molecule has 1 aliphatic heterocycles. The topological polar surface area (TPSA) is 62.2 Å². The Bertz CT molecular complexity index is 351. The monoisotopic (exact) mass is 283 g/mol. The molecule has 0 aliphatic carbocycles. The quantitative estimate of drug-likeness (QED) is 0.437. The second-order valence-corrected chi connectivity index (χ2v) is 5.99. The Labute approximate surface area is 120 Å². The van der Waals surface area contributed by atoms with Crippen molar-refractivity contribution in [1.82, 2.24) is 9.80 Å². The van der Waals surface area contributed by atoms with E-state index in [0.717, 1.165) is 32.5 Å². The smallest absolute Gasteiger partial charge is 0.410 e. The number of carbonyl (C=O) groups excluding carboxylic acids is 2. The predicted octanol–water partition coefficient (Wildman–Crippen LogP) is 1.66. The summed E-state index contributed by atoms with van der Waals surface area (Å²) in [5.74, 6) is 0. The number of amides is 1. The van der Waals surface area contributed by atoms with Crippen LogP contribution in [-0.2, 0) is 9.53 Å². The Morgan fingerprint density at radius 3 is 2.40 bits per heavy atom. The van der Waals surface area contributed by atoms with E-state index in [2.05, 4.69) is 9.89 Å². The van der Waals surface area contributed by atoms with Crippen molar-refractivity contribution >= 4 is 12.2 Å². The van der Waals surface area contributed by atoms with Crippen molar-refractivity contribution in [3.8, 4) is 0 Å². The molecule has 1 aliphatic rings. The summed E-state index contributed by atoms with van der Waals surface area (Å²) in [5.41, 5.74) is -0.437. The molecule has 0 aromatic rings. The number of ether oxygens (including phenoxy) is 1. The van der Waals surface area contributed by atoms with E-state index in [0.29, 0.717) is 19.6 Å². The van der Waals surface area contributed by atoms with Gasteiger partial charge in [0.05, 0.1) is 6.54 Å². The first-order valence-corrected chi connectivity index (χ1v) is 7.16. The van der Waals surface area contributed by atoms with E-state index in [1.807, 2.05) is 20.8 Å². The van der Waals surface area contributed by atoms with E-state index in [4.69, 9.17) is 4.74 Å². The van der Waals surface area contributed by atoms with Gasteiger partial charge in [0.25, 0.3) is 0 Å². The normalized spacial score (nSPS) is 16.6. The summed E-state index contributed by atoms with van der Waals surface area (Å²) >= 11 is 0. The van der Waals surface area contributed by atoms with Crippen LogP contribution >= 0.6 is 0 Å². The summed E-state index contributed by atoms with van der Waals surface area (Å²) in [6.45, 7) is 10.3. The Morgan fingerprint density at radius 2 is 1.85 bits per heavy atom. The molecule has 114 valence electrons. The van der Waals surface area contributed by atoms with Gasteiger partial charge in [0, 0.05) is 26.2 Å². The molecule has 0 aromatic heterocycles. The van der Waals surface area contributed by atoms with Crippen molar-refractivity contribution in [2.75, 3.05) is 39.3 Å². The largest absolute Gasteiger partial charge is 0.444 e. The standard InChI is InChI=1S/C14H25N3O3/c1-14(2,3)20-13(19)17-10-8-16(9-11-17)7-5-4-6-15-12-18/h4-11H2,1-3H3. The highest BCUT2D eigenvalue weighted by Crippen LogP contribution is 2.12. The van der Waals surface area contributed by atoms with Crippen LogP contribution in [0.5, 0.6) is 0 Å². The van der Waals surface area contributed by atoms with Gasteiger partial charge in [0.15, 0.2) is 0 Å². The molecule has 0 atom stereocenters. The van der Waals surface area contributed by atoms with Gasteiger partial charge in [-0.25, -0.2) is 14.6 Å². The van der Waals surface area contributed by atoms with Gasteiger partial charge in [-0.2, -0.15) is 0 Å². The molecule has 1 saturated heterocycles. The van der Waals surface area contributed by atoms with Crippen molar-refractivity contribution in [2.24, 2.45) is 4.99 Å². The molecule has 6 nitrogen and oxygen atoms in total. The second-order valence-electron chi connectivity index (χ2n) is 5.99. The van der Waals surface area contributed by atoms with Gasteiger partial charge in [-0.1, -0.05) is 0 Å². The Morgan fingerprint density at radius 1 is 1.20 bits per heavy atom. The molecule has 1 fully saturated rings. The number of hydrogen-bond donors (Lipinski definition) is 0. The molecule has 0 aromatic carbocycles. The maximum absolute atomic E-state index is 11.9. The number of aliphatic imine (C=N–C) groups is 1. The van der Waals surface area contributed by atoms with Gasteiger partial charge in [-0.3, -0.25) is 4.90 Å². The Kier molecular flexibility index (Phi) is 6.68. The van der Waals surface area contributed by atoms with Crippen molar-refractivity contribution in [3.63, 3.8) is 0 Å². The first-order valence-electron chi connectivity index (χ1n) is 7.16. The third kappa shape index (κ3) is 6.68. The fraction of sp³-hybridized carbons (Fsp3) is 0.857. The molecule has 6 heteroatoms. The highest BCUT2D eigenvalue weighted by molar-refractivity contribution is 5.68. The van der Waals surface area contributed by atoms with Crippen LogP contribution < -0.4 is 0 Å². The van der Waals surface area contributed by atoms with E-state index < -0.39 is 5.60 Å². The number of unbranched alkanes of at least 4 members (excludes halogenated alkanes) is 1. The summed E-state index contributed by atoms with van der Waals surface area (Å²) < 4.78 is 5.36. The molecule has 0 unspecified atom stereocenters. The summed E-state index contributed by atoms with van der Waals surface area (Å²) in [5, 5.41) is 0. The molecule has 0 saturated carbocycles. The van der Waals surface area contributed by atoms with Crippen molar-refractivity contribution in [2.45, 2.75) is 39.2 Å². The maximum Gasteiger partial charge on any atom is 0.410 e. The summed E-state index contributed by atoms with van der Waals surface area (Å²) in [6, 6.07) is 0. The summed E-state index contributed by atoms with van der Waals surface area (Å²) in [7, 11) is 0. The number of hydrogen-bond acceptors (Lipinski definition) is 5. The van der Waals surface area contributed by atoms with Gasteiger partial charge in [-0.05, 0) is 40.2 Å². The molecule has 0 bridgehead atoms. The molecular weight excluding hydrogens is 258 g/mol. The van der Waals surface area contributed by atoms with Gasteiger partial charge in [0.2, 0.25) is 6.08 Å². The lowest BCUT2D eigenvalue weighted by molar-refractivity contribution is 0.0144. The highest BCUT2D eigenvalue weighted by Gasteiger charge is 2.25.